The molecule has 2 heterocycles. The predicted octanol–water partition coefficient (Wildman–Crippen LogP) is 1.53. The molecule has 2 rings (SSSR count). The molecule has 6 nitrogen and oxygen atoms in total. The summed E-state index contributed by atoms with van der Waals surface area (Å²) in [5, 5.41) is 2.84. The smallest absolute Gasteiger partial charge is 0.222 e. The molecule has 0 saturated carbocycles. The number of carbonyl (C=O) groups excluding carboxylic acids is 2. The van der Waals surface area contributed by atoms with Crippen LogP contribution in [0.15, 0.2) is 48.9 Å². The lowest BCUT2D eigenvalue weighted by atomic mass is 10.2. The number of aromatic nitrogens is 2. The van der Waals surface area contributed by atoms with Crippen molar-refractivity contribution in [3.05, 3.63) is 60.2 Å². The highest BCUT2D eigenvalue weighted by Crippen LogP contribution is 2.03. The van der Waals surface area contributed by atoms with E-state index in [1.54, 1.807) is 23.5 Å². The van der Waals surface area contributed by atoms with Gasteiger partial charge < -0.3 is 10.2 Å². The van der Waals surface area contributed by atoms with Gasteiger partial charge in [0.15, 0.2) is 0 Å². The van der Waals surface area contributed by atoms with Crippen LogP contribution in [0.4, 0.5) is 0 Å². The first-order chi connectivity index (χ1) is 11.1. The third-order valence-corrected chi connectivity index (χ3v) is 3.37. The van der Waals surface area contributed by atoms with Crippen LogP contribution in [-0.2, 0) is 22.7 Å². The van der Waals surface area contributed by atoms with Crippen molar-refractivity contribution >= 4 is 11.8 Å². The number of amides is 2. The fourth-order valence-corrected chi connectivity index (χ4v) is 2.06. The molecule has 0 bridgehead atoms. The zero-order chi connectivity index (χ0) is 16.5. The molecule has 0 aromatic carbocycles. The Hall–Kier alpha value is -2.76. The molecule has 2 amide bonds. The minimum Gasteiger partial charge on any atom is -0.352 e. The van der Waals surface area contributed by atoms with Crippen molar-refractivity contribution in [2.75, 3.05) is 6.54 Å². The van der Waals surface area contributed by atoms with Crippen molar-refractivity contribution in [1.29, 1.82) is 0 Å². The number of carbonyl (C=O) groups is 2. The number of hydrogen-bond donors (Lipinski definition) is 1. The molecular formula is C17H20N4O2. The van der Waals surface area contributed by atoms with E-state index >= 15 is 0 Å². The highest BCUT2D eigenvalue weighted by molar-refractivity contribution is 5.78. The third kappa shape index (κ3) is 5.86. The van der Waals surface area contributed by atoms with Crippen molar-refractivity contribution in [3.63, 3.8) is 0 Å². The lowest BCUT2D eigenvalue weighted by Gasteiger charge is -2.20. The second kappa shape index (κ2) is 8.63. The van der Waals surface area contributed by atoms with Crippen molar-refractivity contribution < 1.29 is 9.59 Å². The average Bonchev–Trinajstić information content (AvgIpc) is 2.58. The van der Waals surface area contributed by atoms with Gasteiger partial charge in [0.05, 0.1) is 12.2 Å². The molecule has 0 unspecified atom stereocenters. The van der Waals surface area contributed by atoms with Gasteiger partial charge in [-0.05, 0) is 29.8 Å². The number of rotatable bonds is 7. The maximum Gasteiger partial charge on any atom is 0.222 e. The van der Waals surface area contributed by atoms with Gasteiger partial charge in [-0.25, -0.2) is 0 Å². The first-order valence-electron chi connectivity index (χ1n) is 7.46. The number of pyridine rings is 2. The Kier molecular flexibility index (Phi) is 6.23. The fraction of sp³-hybridized carbons (Fsp3) is 0.294. The van der Waals surface area contributed by atoms with E-state index in [1.165, 1.54) is 6.92 Å². The second-order valence-electron chi connectivity index (χ2n) is 5.14. The van der Waals surface area contributed by atoms with Crippen LogP contribution in [0, 0.1) is 0 Å². The van der Waals surface area contributed by atoms with Crippen molar-refractivity contribution in [3.8, 4) is 0 Å². The fourth-order valence-electron chi connectivity index (χ4n) is 2.06. The average molecular weight is 312 g/mol. The van der Waals surface area contributed by atoms with Gasteiger partial charge in [0.2, 0.25) is 11.8 Å². The van der Waals surface area contributed by atoms with E-state index < -0.39 is 0 Å². The summed E-state index contributed by atoms with van der Waals surface area (Å²) < 4.78 is 0. The van der Waals surface area contributed by atoms with E-state index in [2.05, 4.69) is 15.3 Å². The highest BCUT2D eigenvalue weighted by Gasteiger charge is 2.12. The Morgan fingerprint density at radius 3 is 2.57 bits per heavy atom. The summed E-state index contributed by atoms with van der Waals surface area (Å²) in [5.74, 6) is -0.160. The van der Waals surface area contributed by atoms with E-state index in [9.17, 15) is 9.59 Å². The van der Waals surface area contributed by atoms with Crippen LogP contribution in [0.2, 0.25) is 0 Å². The normalized spacial score (nSPS) is 10.1. The van der Waals surface area contributed by atoms with Gasteiger partial charge in [0.1, 0.15) is 0 Å². The van der Waals surface area contributed by atoms with Gasteiger partial charge in [-0.2, -0.15) is 0 Å². The molecule has 2 aromatic heterocycles. The summed E-state index contributed by atoms with van der Waals surface area (Å²) in [6, 6.07) is 9.27. The molecule has 23 heavy (non-hydrogen) atoms. The van der Waals surface area contributed by atoms with Gasteiger partial charge in [-0.1, -0.05) is 6.07 Å². The molecule has 0 aliphatic heterocycles. The molecule has 0 atom stereocenters. The Morgan fingerprint density at radius 2 is 1.91 bits per heavy atom. The summed E-state index contributed by atoms with van der Waals surface area (Å²) in [6.07, 6.45) is 5.32. The molecule has 0 saturated heterocycles. The van der Waals surface area contributed by atoms with Crippen LogP contribution in [-0.4, -0.2) is 33.2 Å². The molecule has 2 aromatic rings. The van der Waals surface area contributed by atoms with Crippen molar-refractivity contribution in [2.45, 2.75) is 26.4 Å². The Balaban J connectivity index is 1.79. The lowest BCUT2D eigenvalue weighted by Crippen LogP contribution is -2.33. The molecule has 0 aliphatic carbocycles. The first-order valence-corrected chi connectivity index (χ1v) is 7.46. The minimum atomic E-state index is -0.0888. The monoisotopic (exact) mass is 312 g/mol. The quantitative estimate of drug-likeness (QED) is 0.841. The SMILES string of the molecule is CC(=O)N(CCC(=O)NCc1ccncc1)Cc1ccccn1. The van der Waals surface area contributed by atoms with Gasteiger partial charge in [0, 0.05) is 45.0 Å². The van der Waals surface area contributed by atoms with E-state index in [0.29, 0.717) is 19.6 Å². The van der Waals surface area contributed by atoms with Gasteiger partial charge in [0.25, 0.3) is 0 Å². The molecule has 120 valence electrons. The molecule has 0 spiro atoms. The van der Waals surface area contributed by atoms with Crippen LogP contribution >= 0.6 is 0 Å². The highest BCUT2D eigenvalue weighted by atomic mass is 16.2. The Morgan fingerprint density at radius 1 is 1.13 bits per heavy atom. The molecule has 6 heteroatoms. The van der Waals surface area contributed by atoms with Gasteiger partial charge >= 0.3 is 0 Å². The zero-order valence-electron chi connectivity index (χ0n) is 13.1. The summed E-state index contributed by atoms with van der Waals surface area (Å²) in [7, 11) is 0. The summed E-state index contributed by atoms with van der Waals surface area (Å²) in [6.45, 7) is 2.74. The maximum absolute atomic E-state index is 11.9. The van der Waals surface area contributed by atoms with Crippen LogP contribution in [0.3, 0.4) is 0 Å². The number of hydrogen-bond acceptors (Lipinski definition) is 4. The molecular weight excluding hydrogens is 292 g/mol. The van der Waals surface area contributed by atoms with Gasteiger partial charge in [-0.3, -0.25) is 19.6 Å². The Bertz CT molecular complexity index is 632. The van der Waals surface area contributed by atoms with E-state index in [1.807, 2.05) is 30.3 Å². The van der Waals surface area contributed by atoms with Crippen LogP contribution in [0.25, 0.3) is 0 Å². The number of nitrogens with zero attached hydrogens (tertiary/aromatic N) is 3. The zero-order valence-corrected chi connectivity index (χ0v) is 13.1. The topological polar surface area (TPSA) is 75.2 Å². The van der Waals surface area contributed by atoms with E-state index in [0.717, 1.165) is 11.3 Å². The largest absolute Gasteiger partial charge is 0.352 e. The number of nitrogens with one attached hydrogen (secondary N) is 1. The molecule has 0 radical (unpaired) electrons. The van der Waals surface area contributed by atoms with Crippen molar-refractivity contribution in [1.82, 2.24) is 20.2 Å². The third-order valence-electron chi connectivity index (χ3n) is 3.37. The van der Waals surface area contributed by atoms with Crippen LogP contribution < -0.4 is 5.32 Å². The predicted molar refractivity (Wildman–Crippen MR) is 86.0 cm³/mol. The second-order valence-corrected chi connectivity index (χ2v) is 5.14. The van der Waals surface area contributed by atoms with E-state index in [-0.39, 0.29) is 18.2 Å². The summed E-state index contributed by atoms with van der Waals surface area (Å²) in [5.41, 5.74) is 1.80. The first kappa shape index (κ1) is 16.6. The minimum absolute atomic E-state index is 0.0717. The van der Waals surface area contributed by atoms with Gasteiger partial charge in [-0.15, -0.1) is 0 Å². The van der Waals surface area contributed by atoms with Crippen LogP contribution in [0.1, 0.15) is 24.6 Å². The summed E-state index contributed by atoms with van der Waals surface area (Å²) in [4.78, 5) is 33.4. The standard InChI is InChI=1S/C17H20N4O2/c1-14(22)21(13-16-4-2-3-8-19-16)11-7-17(23)20-12-15-5-9-18-10-6-15/h2-6,8-10H,7,11-13H2,1H3,(H,20,23). The Labute approximate surface area is 135 Å². The molecule has 0 aliphatic rings. The maximum atomic E-state index is 11.9. The molecule has 1 N–H and O–H groups in total. The lowest BCUT2D eigenvalue weighted by molar-refractivity contribution is -0.130. The van der Waals surface area contributed by atoms with E-state index in [4.69, 9.17) is 0 Å². The molecule has 0 fully saturated rings. The summed E-state index contributed by atoms with van der Waals surface area (Å²) >= 11 is 0. The van der Waals surface area contributed by atoms with Crippen molar-refractivity contribution in [2.24, 2.45) is 0 Å². The van der Waals surface area contributed by atoms with Crippen LogP contribution in [0.5, 0.6) is 0 Å².